The van der Waals surface area contributed by atoms with Gasteiger partial charge in [0.25, 0.3) is 5.91 Å². The van der Waals surface area contributed by atoms with Gasteiger partial charge in [0, 0.05) is 17.3 Å². The maximum Gasteiger partial charge on any atom is 0.310 e. The number of ether oxygens (including phenoxy) is 1. The molecule has 0 aliphatic heterocycles. The molecule has 1 atom stereocenters. The molecule has 2 aromatic rings. The van der Waals surface area contributed by atoms with E-state index in [2.05, 4.69) is 5.32 Å². The van der Waals surface area contributed by atoms with Crippen molar-refractivity contribution in [2.45, 2.75) is 20.0 Å². The number of para-hydroxylation sites is 2. The largest absolute Gasteiger partial charge is 0.474 e. The second-order valence-electron chi connectivity index (χ2n) is 5.11. The number of Topliss-reactive ketones (excluding diaryl/α,β-unsaturated/α-hetero) is 1. The molecule has 7 nitrogen and oxygen atoms in total. The number of amides is 1. The third-order valence-electron chi connectivity index (χ3n) is 3.29. The lowest BCUT2D eigenvalue weighted by Gasteiger charge is -2.14. The summed E-state index contributed by atoms with van der Waals surface area (Å²) in [6, 6.07) is 12.3. The highest BCUT2D eigenvalue weighted by atomic mass is 16.6. The molecule has 0 saturated carbocycles. The minimum absolute atomic E-state index is 0.0251. The Morgan fingerprint density at radius 2 is 1.75 bits per heavy atom. The quantitative estimate of drug-likeness (QED) is 0.499. The van der Waals surface area contributed by atoms with E-state index in [1.165, 1.54) is 32.0 Å². The van der Waals surface area contributed by atoms with E-state index in [4.69, 9.17) is 4.74 Å². The number of benzene rings is 2. The molecule has 124 valence electrons. The minimum atomic E-state index is -0.932. The molecule has 2 aromatic carbocycles. The molecule has 2 rings (SSSR count). The molecule has 0 fully saturated rings. The number of carbonyl (C=O) groups excluding carboxylic acids is 2. The Morgan fingerprint density at radius 1 is 1.12 bits per heavy atom. The van der Waals surface area contributed by atoms with Crippen LogP contribution in [0.1, 0.15) is 24.2 Å². The summed E-state index contributed by atoms with van der Waals surface area (Å²) in [6.07, 6.45) is -0.932. The van der Waals surface area contributed by atoms with Gasteiger partial charge in [0.1, 0.15) is 0 Å². The van der Waals surface area contributed by atoms with Gasteiger partial charge >= 0.3 is 5.69 Å². The molecule has 0 aromatic heterocycles. The smallest absolute Gasteiger partial charge is 0.310 e. The molecule has 0 spiro atoms. The molecule has 0 radical (unpaired) electrons. The van der Waals surface area contributed by atoms with Gasteiger partial charge in [-0.15, -0.1) is 0 Å². The van der Waals surface area contributed by atoms with E-state index in [9.17, 15) is 19.7 Å². The Morgan fingerprint density at radius 3 is 2.33 bits per heavy atom. The number of ketones is 1. The Hall–Kier alpha value is -3.22. The van der Waals surface area contributed by atoms with Gasteiger partial charge in [-0.1, -0.05) is 12.1 Å². The zero-order valence-electron chi connectivity index (χ0n) is 13.2. The van der Waals surface area contributed by atoms with Gasteiger partial charge in [0.2, 0.25) is 0 Å². The lowest BCUT2D eigenvalue weighted by atomic mass is 10.1. The van der Waals surface area contributed by atoms with E-state index in [0.717, 1.165) is 0 Å². The zero-order valence-corrected chi connectivity index (χ0v) is 13.2. The summed E-state index contributed by atoms with van der Waals surface area (Å²) in [5, 5.41) is 13.6. The summed E-state index contributed by atoms with van der Waals surface area (Å²) in [6.45, 7) is 2.95. The number of nitrogens with one attached hydrogen (secondary N) is 1. The number of nitrogens with zero attached hydrogens (tertiary/aromatic N) is 1. The van der Waals surface area contributed by atoms with Crippen LogP contribution in [0, 0.1) is 10.1 Å². The summed E-state index contributed by atoms with van der Waals surface area (Å²) in [7, 11) is 0. The molecular weight excluding hydrogens is 312 g/mol. The highest BCUT2D eigenvalue weighted by molar-refractivity contribution is 5.96. The van der Waals surface area contributed by atoms with Crippen LogP contribution in [0.5, 0.6) is 5.75 Å². The predicted molar refractivity (Wildman–Crippen MR) is 88.3 cm³/mol. The molecule has 0 bridgehead atoms. The fourth-order valence-corrected chi connectivity index (χ4v) is 1.98. The molecule has 1 N–H and O–H groups in total. The average molecular weight is 328 g/mol. The van der Waals surface area contributed by atoms with Gasteiger partial charge in [-0.25, -0.2) is 0 Å². The predicted octanol–water partition coefficient (Wildman–Crippen LogP) is 3.20. The molecule has 0 aliphatic carbocycles. The maximum atomic E-state index is 12.1. The Bertz CT molecular complexity index is 771. The fourth-order valence-electron chi connectivity index (χ4n) is 1.98. The van der Waals surface area contributed by atoms with E-state index in [-0.39, 0.29) is 17.2 Å². The van der Waals surface area contributed by atoms with E-state index in [0.29, 0.717) is 11.3 Å². The van der Waals surface area contributed by atoms with Crippen LogP contribution in [0.15, 0.2) is 48.5 Å². The summed E-state index contributed by atoms with van der Waals surface area (Å²) in [5.74, 6) is -0.498. The summed E-state index contributed by atoms with van der Waals surface area (Å²) in [5.41, 5.74) is 0.836. The van der Waals surface area contributed by atoms with Gasteiger partial charge in [-0.3, -0.25) is 19.7 Å². The minimum Gasteiger partial charge on any atom is -0.474 e. The molecule has 0 heterocycles. The monoisotopic (exact) mass is 328 g/mol. The molecule has 1 amide bonds. The summed E-state index contributed by atoms with van der Waals surface area (Å²) >= 11 is 0. The van der Waals surface area contributed by atoms with Gasteiger partial charge in [-0.05, 0) is 44.2 Å². The number of nitro benzene ring substituents is 1. The van der Waals surface area contributed by atoms with Crippen LogP contribution in [0.3, 0.4) is 0 Å². The Labute approximate surface area is 138 Å². The molecular formula is C17H16N2O5. The third-order valence-corrected chi connectivity index (χ3v) is 3.29. The highest BCUT2D eigenvalue weighted by Gasteiger charge is 2.20. The molecule has 0 aliphatic rings. The van der Waals surface area contributed by atoms with Crippen molar-refractivity contribution >= 4 is 23.1 Å². The standard InChI is InChI=1S/C17H16N2O5/c1-11(20)13-7-9-14(10-8-13)18-17(21)12(2)24-16-6-4-3-5-15(16)19(22)23/h3-10,12H,1-2H3,(H,18,21)/t12-/m0/s1. The normalized spacial score (nSPS) is 11.4. The van der Waals surface area contributed by atoms with E-state index in [1.54, 1.807) is 30.3 Å². The Balaban J connectivity index is 2.05. The molecule has 0 unspecified atom stereocenters. The van der Waals surface area contributed by atoms with Crippen molar-refractivity contribution in [3.8, 4) is 5.75 Å². The van der Waals surface area contributed by atoms with Crippen molar-refractivity contribution < 1.29 is 19.2 Å². The number of hydrogen-bond donors (Lipinski definition) is 1. The SMILES string of the molecule is CC(=O)c1ccc(NC(=O)[C@H](C)Oc2ccccc2[N+](=O)[O-])cc1. The van der Waals surface area contributed by atoms with Crippen molar-refractivity contribution in [2.24, 2.45) is 0 Å². The van der Waals surface area contributed by atoms with Crippen molar-refractivity contribution in [1.29, 1.82) is 0 Å². The first-order valence-electron chi connectivity index (χ1n) is 7.20. The topological polar surface area (TPSA) is 98.5 Å². The fraction of sp³-hybridized carbons (Fsp3) is 0.176. The van der Waals surface area contributed by atoms with Crippen LogP contribution >= 0.6 is 0 Å². The molecule has 24 heavy (non-hydrogen) atoms. The van der Waals surface area contributed by atoms with Crippen molar-refractivity contribution in [3.63, 3.8) is 0 Å². The van der Waals surface area contributed by atoms with E-state index in [1.807, 2.05) is 0 Å². The highest BCUT2D eigenvalue weighted by Crippen LogP contribution is 2.27. The molecule has 0 saturated heterocycles. The van der Waals surface area contributed by atoms with Crippen molar-refractivity contribution in [3.05, 3.63) is 64.2 Å². The average Bonchev–Trinajstić information content (AvgIpc) is 2.55. The number of anilines is 1. The second-order valence-corrected chi connectivity index (χ2v) is 5.11. The van der Waals surface area contributed by atoms with Gasteiger partial charge in [0.05, 0.1) is 4.92 Å². The van der Waals surface area contributed by atoms with Gasteiger partial charge in [0.15, 0.2) is 17.6 Å². The van der Waals surface area contributed by atoms with Crippen molar-refractivity contribution in [1.82, 2.24) is 0 Å². The van der Waals surface area contributed by atoms with Crippen LogP contribution in [-0.4, -0.2) is 22.7 Å². The molecule has 7 heteroatoms. The lowest BCUT2D eigenvalue weighted by molar-refractivity contribution is -0.386. The van der Waals surface area contributed by atoms with E-state index >= 15 is 0 Å². The number of carbonyl (C=O) groups is 2. The number of nitro groups is 1. The van der Waals surface area contributed by atoms with Crippen LogP contribution in [0.2, 0.25) is 0 Å². The summed E-state index contributed by atoms with van der Waals surface area (Å²) < 4.78 is 5.39. The summed E-state index contributed by atoms with van der Waals surface area (Å²) in [4.78, 5) is 33.7. The zero-order chi connectivity index (χ0) is 17.7. The third kappa shape index (κ3) is 4.16. The second kappa shape index (κ2) is 7.36. The Kier molecular flexibility index (Phi) is 5.26. The van der Waals surface area contributed by atoms with Gasteiger partial charge < -0.3 is 10.1 Å². The van der Waals surface area contributed by atoms with Crippen molar-refractivity contribution in [2.75, 3.05) is 5.32 Å². The van der Waals surface area contributed by atoms with Gasteiger partial charge in [-0.2, -0.15) is 0 Å². The van der Waals surface area contributed by atoms with Crippen LogP contribution in [0.4, 0.5) is 11.4 Å². The lowest BCUT2D eigenvalue weighted by Crippen LogP contribution is -2.30. The van der Waals surface area contributed by atoms with Crippen LogP contribution in [-0.2, 0) is 4.79 Å². The first-order chi connectivity index (χ1) is 11.4. The van der Waals surface area contributed by atoms with E-state index < -0.39 is 16.9 Å². The first kappa shape index (κ1) is 17.1. The first-order valence-corrected chi connectivity index (χ1v) is 7.20. The van der Waals surface area contributed by atoms with Crippen LogP contribution in [0.25, 0.3) is 0 Å². The number of hydrogen-bond acceptors (Lipinski definition) is 5. The maximum absolute atomic E-state index is 12.1. The number of rotatable bonds is 6. The van der Waals surface area contributed by atoms with Crippen LogP contribution < -0.4 is 10.1 Å².